The van der Waals surface area contributed by atoms with Crippen LogP contribution in [0.4, 0.5) is 11.4 Å². The number of esters is 1. The lowest BCUT2D eigenvalue weighted by Gasteiger charge is -2.29. The summed E-state index contributed by atoms with van der Waals surface area (Å²) in [6.07, 6.45) is 5.54. The lowest BCUT2D eigenvalue weighted by Crippen LogP contribution is -2.29. The lowest BCUT2D eigenvalue weighted by atomic mass is 10.1. The number of hydrogen-bond donors (Lipinski definition) is 0. The third kappa shape index (κ3) is 4.23. The van der Waals surface area contributed by atoms with E-state index in [2.05, 4.69) is 22.0 Å². The molecular weight excluding hydrogens is 328 g/mol. The van der Waals surface area contributed by atoms with Gasteiger partial charge in [0, 0.05) is 36.6 Å². The molecule has 1 saturated heterocycles. The van der Waals surface area contributed by atoms with Crippen LogP contribution in [0.3, 0.4) is 0 Å². The minimum Gasteiger partial charge on any atom is -0.496 e. The number of piperidine rings is 1. The van der Waals surface area contributed by atoms with Crippen LogP contribution >= 0.6 is 0 Å². The first-order valence-corrected chi connectivity index (χ1v) is 8.86. The zero-order chi connectivity index (χ0) is 18.4. The van der Waals surface area contributed by atoms with E-state index < -0.39 is 0 Å². The molecule has 3 rings (SSSR count). The van der Waals surface area contributed by atoms with Gasteiger partial charge in [-0.25, -0.2) is 4.79 Å². The number of carbonyl (C=O) groups excluding carboxylic acids is 1. The molecule has 0 atom stereocenters. The molecule has 0 N–H and O–H groups in total. The predicted octanol–water partition coefficient (Wildman–Crippen LogP) is 4.22. The SMILES string of the molecule is COC(=O)c1cccc(N=Cc2ccc(N3CCCCC3)cc2OC)c1. The van der Waals surface area contributed by atoms with Crippen LogP contribution in [0.5, 0.6) is 5.75 Å². The Morgan fingerprint density at radius 3 is 2.62 bits per heavy atom. The van der Waals surface area contributed by atoms with Crippen molar-refractivity contribution in [1.82, 2.24) is 0 Å². The number of ether oxygens (including phenoxy) is 2. The first-order valence-electron chi connectivity index (χ1n) is 8.86. The molecule has 1 fully saturated rings. The summed E-state index contributed by atoms with van der Waals surface area (Å²) in [4.78, 5) is 18.5. The van der Waals surface area contributed by atoms with E-state index in [1.54, 1.807) is 31.5 Å². The highest BCUT2D eigenvalue weighted by molar-refractivity contribution is 5.91. The average Bonchev–Trinajstić information content (AvgIpc) is 2.72. The number of carbonyl (C=O) groups is 1. The van der Waals surface area contributed by atoms with E-state index in [0.29, 0.717) is 11.3 Å². The molecule has 1 heterocycles. The van der Waals surface area contributed by atoms with Gasteiger partial charge in [0.15, 0.2) is 0 Å². The molecule has 0 saturated carbocycles. The van der Waals surface area contributed by atoms with Crippen LogP contribution in [0.25, 0.3) is 0 Å². The molecule has 1 aliphatic rings. The highest BCUT2D eigenvalue weighted by Crippen LogP contribution is 2.27. The van der Waals surface area contributed by atoms with Crippen molar-refractivity contribution in [3.63, 3.8) is 0 Å². The molecule has 0 aromatic heterocycles. The Hall–Kier alpha value is -2.82. The van der Waals surface area contributed by atoms with E-state index in [-0.39, 0.29) is 5.97 Å². The molecule has 0 amide bonds. The summed E-state index contributed by atoms with van der Waals surface area (Å²) in [6, 6.07) is 13.2. The van der Waals surface area contributed by atoms with E-state index in [4.69, 9.17) is 9.47 Å². The van der Waals surface area contributed by atoms with Gasteiger partial charge in [0.2, 0.25) is 0 Å². The summed E-state index contributed by atoms with van der Waals surface area (Å²) in [7, 11) is 3.04. The molecule has 5 nitrogen and oxygen atoms in total. The van der Waals surface area contributed by atoms with Crippen molar-refractivity contribution in [2.45, 2.75) is 19.3 Å². The number of hydrogen-bond acceptors (Lipinski definition) is 5. The highest BCUT2D eigenvalue weighted by Gasteiger charge is 2.13. The van der Waals surface area contributed by atoms with Gasteiger partial charge in [0.25, 0.3) is 0 Å². The van der Waals surface area contributed by atoms with E-state index in [1.165, 1.54) is 32.1 Å². The van der Waals surface area contributed by atoms with Gasteiger partial charge < -0.3 is 14.4 Å². The van der Waals surface area contributed by atoms with E-state index >= 15 is 0 Å². The Balaban J connectivity index is 1.80. The third-order valence-corrected chi connectivity index (χ3v) is 4.56. The molecule has 26 heavy (non-hydrogen) atoms. The molecule has 0 bridgehead atoms. The molecule has 0 unspecified atom stereocenters. The van der Waals surface area contributed by atoms with Crippen LogP contribution < -0.4 is 9.64 Å². The van der Waals surface area contributed by atoms with Crippen molar-refractivity contribution in [2.24, 2.45) is 4.99 Å². The maximum Gasteiger partial charge on any atom is 0.337 e. The predicted molar refractivity (Wildman–Crippen MR) is 104 cm³/mol. The van der Waals surface area contributed by atoms with Crippen LogP contribution in [0, 0.1) is 0 Å². The summed E-state index contributed by atoms with van der Waals surface area (Å²) in [5.74, 6) is 0.423. The monoisotopic (exact) mass is 352 g/mol. The van der Waals surface area contributed by atoms with Gasteiger partial charge in [-0.15, -0.1) is 0 Å². The molecule has 2 aromatic rings. The quantitative estimate of drug-likeness (QED) is 0.597. The molecule has 0 radical (unpaired) electrons. The average molecular weight is 352 g/mol. The van der Waals surface area contributed by atoms with Gasteiger partial charge in [0.05, 0.1) is 25.5 Å². The lowest BCUT2D eigenvalue weighted by molar-refractivity contribution is 0.0601. The Kier molecular flexibility index (Phi) is 5.89. The number of nitrogens with zero attached hydrogens (tertiary/aromatic N) is 2. The summed E-state index contributed by atoms with van der Waals surface area (Å²) in [6.45, 7) is 2.19. The molecule has 2 aromatic carbocycles. The Morgan fingerprint density at radius 2 is 1.88 bits per heavy atom. The zero-order valence-corrected chi connectivity index (χ0v) is 15.3. The fraction of sp³-hybridized carbons (Fsp3) is 0.333. The van der Waals surface area contributed by atoms with Crippen molar-refractivity contribution in [1.29, 1.82) is 0 Å². The van der Waals surface area contributed by atoms with Crippen LogP contribution in [-0.4, -0.2) is 39.5 Å². The summed E-state index contributed by atoms with van der Waals surface area (Å²) in [5, 5.41) is 0. The summed E-state index contributed by atoms with van der Waals surface area (Å²) >= 11 is 0. The smallest absolute Gasteiger partial charge is 0.337 e. The van der Waals surface area contributed by atoms with Crippen molar-refractivity contribution < 1.29 is 14.3 Å². The summed E-state index contributed by atoms with van der Waals surface area (Å²) in [5.41, 5.74) is 3.26. The maximum atomic E-state index is 11.6. The highest BCUT2D eigenvalue weighted by atomic mass is 16.5. The maximum absolute atomic E-state index is 11.6. The van der Waals surface area contributed by atoms with Gasteiger partial charge in [-0.2, -0.15) is 0 Å². The molecule has 0 aliphatic carbocycles. The fourth-order valence-electron chi connectivity index (χ4n) is 3.13. The number of benzene rings is 2. The topological polar surface area (TPSA) is 51.1 Å². The standard InChI is InChI=1S/C21H24N2O3/c1-25-20-14-19(23-11-4-3-5-12-23)10-9-17(20)15-22-18-8-6-7-16(13-18)21(24)26-2/h6-10,13-15H,3-5,11-12H2,1-2H3. The summed E-state index contributed by atoms with van der Waals surface area (Å²) < 4.78 is 10.3. The van der Waals surface area contributed by atoms with Gasteiger partial charge in [-0.05, 0) is 49.6 Å². The Bertz CT molecular complexity index is 796. The molecule has 5 heteroatoms. The largest absolute Gasteiger partial charge is 0.496 e. The number of rotatable bonds is 5. The van der Waals surface area contributed by atoms with Gasteiger partial charge in [-0.1, -0.05) is 6.07 Å². The fourth-order valence-corrected chi connectivity index (χ4v) is 3.13. The first kappa shape index (κ1) is 18.0. The van der Waals surface area contributed by atoms with Crippen LogP contribution in [0.2, 0.25) is 0 Å². The zero-order valence-electron chi connectivity index (χ0n) is 15.3. The van der Waals surface area contributed by atoms with Crippen molar-refractivity contribution in [2.75, 3.05) is 32.2 Å². The second kappa shape index (κ2) is 8.52. The molecule has 136 valence electrons. The number of methoxy groups -OCH3 is 2. The second-order valence-corrected chi connectivity index (χ2v) is 6.27. The van der Waals surface area contributed by atoms with Crippen molar-refractivity contribution in [3.05, 3.63) is 53.6 Å². The van der Waals surface area contributed by atoms with E-state index in [9.17, 15) is 4.79 Å². The van der Waals surface area contributed by atoms with E-state index in [1.807, 2.05) is 12.1 Å². The van der Waals surface area contributed by atoms with Crippen molar-refractivity contribution in [3.8, 4) is 5.75 Å². The second-order valence-electron chi connectivity index (χ2n) is 6.27. The first-order chi connectivity index (χ1) is 12.7. The Labute approximate surface area is 154 Å². The van der Waals surface area contributed by atoms with Gasteiger partial charge in [0.1, 0.15) is 5.75 Å². The Morgan fingerprint density at radius 1 is 1.08 bits per heavy atom. The molecule has 1 aliphatic heterocycles. The normalized spacial score (nSPS) is 14.5. The molecule has 0 spiro atoms. The van der Waals surface area contributed by atoms with Crippen LogP contribution in [0.15, 0.2) is 47.5 Å². The molecular formula is C21H24N2O3. The van der Waals surface area contributed by atoms with Gasteiger partial charge in [-0.3, -0.25) is 4.99 Å². The minimum atomic E-state index is -0.370. The minimum absolute atomic E-state index is 0.370. The van der Waals surface area contributed by atoms with Crippen LogP contribution in [-0.2, 0) is 4.74 Å². The number of anilines is 1. The van der Waals surface area contributed by atoms with Crippen molar-refractivity contribution >= 4 is 23.6 Å². The third-order valence-electron chi connectivity index (χ3n) is 4.56. The van der Waals surface area contributed by atoms with E-state index in [0.717, 1.165) is 24.4 Å². The van der Waals surface area contributed by atoms with Crippen LogP contribution in [0.1, 0.15) is 35.2 Å². The number of aliphatic imine (C=N–C) groups is 1. The van der Waals surface area contributed by atoms with Gasteiger partial charge >= 0.3 is 5.97 Å².